The second kappa shape index (κ2) is 7.29. The van der Waals surface area contributed by atoms with E-state index in [-0.39, 0.29) is 12.1 Å². The van der Waals surface area contributed by atoms with E-state index in [1.165, 1.54) is 0 Å². The van der Waals surface area contributed by atoms with Crippen molar-refractivity contribution >= 4 is 22.0 Å². The van der Waals surface area contributed by atoms with Crippen LogP contribution in [-0.2, 0) is 4.74 Å². The van der Waals surface area contributed by atoms with Gasteiger partial charge in [-0.3, -0.25) is 0 Å². The largest absolute Gasteiger partial charge is 0.383 e. The highest BCUT2D eigenvalue weighted by Gasteiger charge is 2.11. The molecule has 1 rings (SSSR count). The summed E-state index contributed by atoms with van der Waals surface area (Å²) in [6.07, 6.45) is 0. The second-order valence-electron chi connectivity index (χ2n) is 3.64. The quantitative estimate of drug-likeness (QED) is 0.821. The molecule has 1 unspecified atom stereocenters. The Morgan fingerprint density at radius 3 is 2.82 bits per heavy atom. The van der Waals surface area contributed by atoms with Crippen molar-refractivity contribution in [1.82, 2.24) is 10.6 Å². The van der Waals surface area contributed by atoms with Crippen LogP contribution in [0.2, 0.25) is 0 Å². The van der Waals surface area contributed by atoms with Gasteiger partial charge in [0, 0.05) is 18.1 Å². The lowest BCUT2D eigenvalue weighted by Gasteiger charge is -2.16. The molecule has 0 aromatic heterocycles. The van der Waals surface area contributed by atoms with Crippen molar-refractivity contribution in [2.24, 2.45) is 0 Å². The number of hydrogen-bond donors (Lipinski definition) is 2. The summed E-state index contributed by atoms with van der Waals surface area (Å²) in [4.78, 5) is 11.5. The van der Waals surface area contributed by atoms with Crippen molar-refractivity contribution in [3.05, 3.63) is 34.3 Å². The van der Waals surface area contributed by atoms with Gasteiger partial charge in [0.05, 0.1) is 12.6 Å². The smallest absolute Gasteiger partial charge is 0.315 e. The third kappa shape index (κ3) is 4.75. The lowest BCUT2D eigenvalue weighted by atomic mass is 10.1. The Labute approximate surface area is 110 Å². The van der Waals surface area contributed by atoms with Gasteiger partial charge in [-0.2, -0.15) is 0 Å². The fraction of sp³-hybridized carbons (Fsp3) is 0.417. The average Bonchev–Trinajstić information content (AvgIpc) is 2.29. The Hall–Kier alpha value is -1.07. The summed E-state index contributed by atoms with van der Waals surface area (Å²) in [7, 11) is 1.60. The number of benzene rings is 1. The molecule has 1 aromatic carbocycles. The van der Waals surface area contributed by atoms with E-state index in [1.807, 2.05) is 31.2 Å². The predicted octanol–water partition coefficient (Wildman–Crippen LogP) is 2.46. The maximum atomic E-state index is 11.5. The van der Waals surface area contributed by atoms with Crippen LogP contribution < -0.4 is 10.6 Å². The SMILES string of the molecule is COCCNC(=O)NC(C)c1ccccc1Br. The third-order valence-corrected chi connectivity index (χ3v) is 3.03. The highest BCUT2D eigenvalue weighted by molar-refractivity contribution is 9.10. The lowest BCUT2D eigenvalue weighted by molar-refractivity contribution is 0.195. The zero-order valence-electron chi connectivity index (χ0n) is 10.00. The van der Waals surface area contributed by atoms with Gasteiger partial charge >= 0.3 is 6.03 Å². The number of carbonyl (C=O) groups is 1. The molecular formula is C12H17BrN2O2. The number of nitrogens with one attached hydrogen (secondary N) is 2. The molecule has 17 heavy (non-hydrogen) atoms. The summed E-state index contributed by atoms with van der Waals surface area (Å²) in [6, 6.07) is 7.58. The maximum Gasteiger partial charge on any atom is 0.315 e. The molecule has 0 aliphatic heterocycles. The van der Waals surface area contributed by atoms with Gasteiger partial charge in [0.2, 0.25) is 0 Å². The summed E-state index contributed by atoms with van der Waals surface area (Å²) in [5.74, 6) is 0. The Balaban J connectivity index is 2.46. The fourth-order valence-electron chi connectivity index (χ4n) is 1.42. The molecule has 0 saturated heterocycles. The molecule has 4 nitrogen and oxygen atoms in total. The molecule has 1 atom stereocenters. The minimum atomic E-state index is -0.190. The van der Waals surface area contributed by atoms with E-state index in [9.17, 15) is 4.79 Å². The highest BCUT2D eigenvalue weighted by Crippen LogP contribution is 2.22. The number of ether oxygens (including phenoxy) is 1. The Morgan fingerprint density at radius 2 is 2.18 bits per heavy atom. The van der Waals surface area contributed by atoms with Crippen LogP contribution in [0.25, 0.3) is 0 Å². The molecule has 5 heteroatoms. The number of hydrogen-bond acceptors (Lipinski definition) is 2. The van der Waals surface area contributed by atoms with Crippen LogP contribution in [0.3, 0.4) is 0 Å². The van der Waals surface area contributed by atoms with Crippen LogP contribution >= 0.6 is 15.9 Å². The van der Waals surface area contributed by atoms with Gasteiger partial charge < -0.3 is 15.4 Å². The van der Waals surface area contributed by atoms with E-state index in [2.05, 4.69) is 26.6 Å². The zero-order valence-corrected chi connectivity index (χ0v) is 11.6. The first-order valence-electron chi connectivity index (χ1n) is 5.43. The van der Waals surface area contributed by atoms with E-state index in [1.54, 1.807) is 7.11 Å². The number of urea groups is 1. The molecule has 94 valence electrons. The Bertz CT molecular complexity index is 371. The fourth-order valence-corrected chi connectivity index (χ4v) is 2.05. The predicted molar refractivity (Wildman–Crippen MR) is 71.0 cm³/mol. The molecule has 0 saturated carbocycles. The number of halogens is 1. The van der Waals surface area contributed by atoms with Gasteiger partial charge in [-0.1, -0.05) is 34.1 Å². The maximum absolute atomic E-state index is 11.5. The van der Waals surface area contributed by atoms with Gasteiger partial charge in [0.25, 0.3) is 0 Å². The molecule has 1 aromatic rings. The Kier molecular flexibility index (Phi) is 6.00. The van der Waals surface area contributed by atoms with E-state index < -0.39 is 0 Å². The standard InChI is InChI=1S/C12H17BrN2O2/c1-9(10-5-3-4-6-11(10)13)15-12(16)14-7-8-17-2/h3-6,9H,7-8H2,1-2H3,(H2,14,15,16). The molecule has 0 heterocycles. The first kappa shape index (κ1) is 14.0. The first-order chi connectivity index (χ1) is 8.15. The molecule has 0 fully saturated rings. The van der Waals surface area contributed by atoms with Crippen LogP contribution in [0.15, 0.2) is 28.7 Å². The van der Waals surface area contributed by atoms with E-state index in [4.69, 9.17) is 4.74 Å². The van der Waals surface area contributed by atoms with Gasteiger partial charge in [-0.05, 0) is 18.6 Å². The molecule has 0 aliphatic rings. The van der Waals surface area contributed by atoms with Crippen LogP contribution in [0.5, 0.6) is 0 Å². The minimum absolute atomic E-state index is 0.0480. The van der Waals surface area contributed by atoms with Gasteiger partial charge in [-0.25, -0.2) is 4.79 Å². The van der Waals surface area contributed by atoms with E-state index in [0.29, 0.717) is 13.2 Å². The summed E-state index contributed by atoms with van der Waals surface area (Å²) >= 11 is 3.46. The van der Waals surface area contributed by atoms with Gasteiger partial charge in [-0.15, -0.1) is 0 Å². The summed E-state index contributed by atoms with van der Waals surface area (Å²) in [5.41, 5.74) is 1.05. The van der Waals surface area contributed by atoms with Crippen molar-refractivity contribution in [3.63, 3.8) is 0 Å². The van der Waals surface area contributed by atoms with Gasteiger partial charge in [0.1, 0.15) is 0 Å². The first-order valence-corrected chi connectivity index (χ1v) is 6.22. The topological polar surface area (TPSA) is 50.4 Å². The number of amides is 2. The lowest BCUT2D eigenvalue weighted by Crippen LogP contribution is -2.38. The third-order valence-electron chi connectivity index (χ3n) is 2.31. The minimum Gasteiger partial charge on any atom is -0.383 e. The summed E-state index contributed by atoms with van der Waals surface area (Å²) < 4.78 is 5.84. The van der Waals surface area contributed by atoms with Crippen LogP contribution in [0, 0.1) is 0 Å². The van der Waals surface area contributed by atoms with Crippen LogP contribution in [0.4, 0.5) is 4.79 Å². The Morgan fingerprint density at radius 1 is 1.47 bits per heavy atom. The molecular weight excluding hydrogens is 284 g/mol. The number of carbonyl (C=O) groups excluding carboxylic acids is 1. The van der Waals surface area contributed by atoms with Gasteiger partial charge in [0.15, 0.2) is 0 Å². The van der Waals surface area contributed by atoms with E-state index in [0.717, 1.165) is 10.0 Å². The summed E-state index contributed by atoms with van der Waals surface area (Å²) in [6.45, 7) is 2.96. The molecule has 0 radical (unpaired) electrons. The molecule has 0 aliphatic carbocycles. The van der Waals surface area contributed by atoms with Crippen molar-refractivity contribution < 1.29 is 9.53 Å². The monoisotopic (exact) mass is 300 g/mol. The van der Waals surface area contributed by atoms with E-state index >= 15 is 0 Å². The van der Waals surface area contributed by atoms with Crippen molar-refractivity contribution in [2.45, 2.75) is 13.0 Å². The second-order valence-corrected chi connectivity index (χ2v) is 4.49. The van der Waals surface area contributed by atoms with Crippen molar-refractivity contribution in [3.8, 4) is 0 Å². The average molecular weight is 301 g/mol. The van der Waals surface area contributed by atoms with Crippen LogP contribution in [-0.4, -0.2) is 26.3 Å². The zero-order chi connectivity index (χ0) is 12.7. The molecule has 0 bridgehead atoms. The van der Waals surface area contributed by atoms with Crippen LogP contribution in [0.1, 0.15) is 18.5 Å². The molecule has 2 N–H and O–H groups in total. The van der Waals surface area contributed by atoms with Crippen molar-refractivity contribution in [1.29, 1.82) is 0 Å². The molecule has 2 amide bonds. The normalized spacial score (nSPS) is 11.9. The molecule has 0 spiro atoms. The highest BCUT2D eigenvalue weighted by atomic mass is 79.9. The number of methoxy groups -OCH3 is 1. The van der Waals surface area contributed by atoms with Crippen molar-refractivity contribution in [2.75, 3.05) is 20.3 Å². The summed E-state index contributed by atoms with van der Waals surface area (Å²) in [5, 5.41) is 5.57. The number of rotatable bonds is 5.